The van der Waals surface area contributed by atoms with E-state index >= 15 is 0 Å². The summed E-state index contributed by atoms with van der Waals surface area (Å²) in [4.78, 5) is 0.348. The van der Waals surface area contributed by atoms with Crippen LogP contribution in [0.4, 0.5) is 0 Å². The van der Waals surface area contributed by atoms with E-state index in [1.807, 2.05) is 6.07 Å². The Hall–Kier alpha value is -0.910. The van der Waals surface area contributed by atoms with Crippen LogP contribution in [0.25, 0.3) is 0 Å². The second kappa shape index (κ2) is 4.76. The summed E-state index contributed by atoms with van der Waals surface area (Å²) in [5.41, 5.74) is 0.746. The van der Waals surface area contributed by atoms with E-state index in [0.717, 1.165) is 18.4 Å². The number of nitrogens with zero attached hydrogens (tertiary/aromatic N) is 1. The largest absolute Gasteiger partial charge is 0.395 e. The molecule has 1 aromatic rings. The van der Waals surface area contributed by atoms with Gasteiger partial charge >= 0.3 is 0 Å². The van der Waals surface area contributed by atoms with Crippen molar-refractivity contribution in [3.05, 3.63) is 29.8 Å². The molecular formula is C12H17NO3S. The lowest BCUT2D eigenvalue weighted by atomic mass is 10.2. The zero-order valence-electron chi connectivity index (χ0n) is 9.83. The Labute approximate surface area is 102 Å². The number of benzene rings is 1. The monoisotopic (exact) mass is 255 g/mol. The third-order valence-corrected chi connectivity index (χ3v) is 5.33. The first kappa shape index (κ1) is 12.5. The average Bonchev–Trinajstić information content (AvgIpc) is 2.78. The van der Waals surface area contributed by atoms with Crippen molar-refractivity contribution >= 4 is 10.0 Å². The van der Waals surface area contributed by atoms with Gasteiger partial charge in [-0.15, -0.1) is 0 Å². The first-order valence-corrected chi connectivity index (χ1v) is 7.19. The third kappa shape index (κ3) is 2.22. The van der Waals surface area contributed by atoms with Gasteiger partial charge in [-0.25, -0.2) is 8.42 Å². The van der Waals surface area contributed by atoms with Crippen LogP contribution in [0, 0.1) is 6.92 Å². The van der Waals surface area contributed by atoms with E-state index in [4.69, 9.17) is 0 Å². The summed E-state index contributed by atoms with van der Waals surface area (Å²) in [5.74, 6) is 0. The van der Waals surface area contributed by atoms with Crippen LogP contribution in [0.5, 0.6) is 0 Å². The Morgan fingerprint density at radius 1 is 1.41 bits per heavy atom. The van der Waals surface area contributed by atoms with Gasteiger partial charge in [0.15, 0.2) is 0 Å². The molecule has 0 radical (unpaired) electrons. The van der Waals surface area contributed by atoms with Crippen molar-refractivity contribution in [3.63, 3.8) is 0 Å². The van der Waals surface area contributed by atoms with Crippen LogP contribution in [-0.2, 0) is 10.0 Å². The molecule has 0 spiro atoms. The van der Waals surface area contributed by atoms with E-state index in [2.05, 4.69) is 0 Å². The first-order valence-electron chi connectivity index (χ1n) is 5.75. The second-order valence-corrected chi connectivity index (χ2v) is 6.22. The van der Waals surface area contributed by atoms with Crippen LogP contribution in [0.1, 0.15) is 18.4 Å². The maximum absolute atomic E-state index is 12.4. The molecule has 1 atom stereocenters. The number of sulfonamides is 1. The van der Waals surface area contributed by atoms with Crippen LogP contribution in [0.3, 0.4) is 0 Å². The van der Waals surface area contributed by atoms with Crippen molar-refractivity contribution in [2.24, 2.45) is 0 Å². The van der Waals surface area contributed by atoms with Gasteiger partial charge < -0.3 is 5.11 Å². The minimum Gasteiger partial charge on any atom is -0.395 e. The molecule has 1 aliphatic heterocycles. The fourth-order valence-electron chi connectivity index (χ4n) is 2.28. The minimum atomic E-state index is -3.46. The van der Waals surface area contributed by atoms with E-state index in [1.54, 1.807) is 25.1 Å². The first-order chi connectivity index (χ1) is 8.07. The lowest BCUT2D eigenvalue weighted by Gasteiger charge is -2.23. The summed E-state index contributed by atoms with van der Waals surface area (Å²) in [6, 6.07) is 6.69. The zero-order valence-corrected chi connectivity index (χ0v) is 10.7. The molecule has 0 aromatic heterocycles. The van der Waals surface area contributed by atoms with Crippen molar-refractivity contribution in [2.45, 2.75) is 30.7 Å². The molecule has 2 rings (SSSR count). The standard InChI is InChI=1S/C12H17NO3S/c1-10-5-2-3-7-12(10)17(15,16)13-8-4-6-11(13)9-14/h2-3,5,7,11,14H,4,6,8-9H2,1H3/t11-/m1/s1. The lowest BCUT2D eigenvalue weighted by molar-refractivity contribution is 0.213. The predicted molar refractivity (Wildman–Crippen MR) is 65.2 cm³/mol. The van der Waals surface area contributed by atoms with E-state index in [1.165, 1.54) is 4.31 Å². The van der Waals surface area contributed by atoms with E-state index in [-0.39, 0.29) is 12.6 Å². The summed E-state index contributed by atoms with van der Waals surface area (Å²) < 4.78 is 26.3. The SMILES string of the molecule is Cc1ccccc1S(=O)(=O)N1CCC[C@@H]1CO. The molecule has 1 N–H and O–H groups in total. The van der Waals surface area contributed by atoms with Crippen molar-refractivity contribution in [1.82, 2.24) is 4.31 Å². The molecule has 0 amide bonds. The molecule has 94 valence electrons. The Balaban J connectivity index is 2.40. The van der Waals surface area contributed by atoms with Gasteiger partial charge in [0.05, 0.1) is 11.5 Å². The van der Waals surface area contributed by atoms with Crippen LogP contribution in [-0.4, -0.2) is 37.0 Å². The topological polar surface area (TPSA) is 57.6 Å². The third-order valence-electron chi connectivity index (χ3n) is 3.21. The number of aliphatic hydroxyl groups excluding tert-OH is 1. The maximum Gasteiger partial charge on any atom is 0.243 e. The quantitative estimate of drug-likeness (QED) is 0.881. The van der Waals surface area contributed by atoms with Crippen LogP contribution in [0.2, 0.25) is 0 Å². The Morgan fingerprint density at radius 3 is 2.76 bits per heavy atom. The van der Waals surface area contributed by atoms with Gasteiger partial charge in [0.25, 0.3) is 0 Å². The Bertz CT molecular complexity index is 498. The molecule has 1 fully saturated rings. The second-order valence-electron chi connectivity index (χ2n) is 4.36. The highest BCUT2D eigenvalue weighted by molar-refractivity contribution is 7.89. The lowest BCUT2D eigenvalue weighted by Crippen LogP contribution is -2.37. The van der Waals surface area contributed by atoms with Gasteiger partial charge in [-0.2, -0.15) is 4.31 Å². The molecular weight excluding hydrogens is 238 g/mol. The summed E-state index contributed by atoms with van der Waals surface area (Å²) in [6.07, 6.45) is 1.55. The Morgan fingerprint density at radius 2 is 2.12 bits per heavy atom. The van der Waals surface area contributed by atoms with Crippen molar-refractivity contribution in [3.8, 4) is 0 Å². The van der Waals surface area contributed by atoms with Crippen molar-refractivity contribution in [2.75, 3.05) is 13.2 Å². The molecule has 1 heterocycles. The fourth-order valence-corrected chi connectivity index (χ4v) is 4.19. The molecule has 0 unspecified atom stereocenters. The number of rotatable bonds is 3. The molecule has 1 saturated heterocycles. The van der Waals surface area contributed by atoms with Gasteiger partial charge in [0, 0.05) is 12.6 Å². The number of hydrogen-bond acceptors (Lipinski definition) is 3. The number of aliphatic hydroxyl groups is 1. The highest BCUT2D eigenvalue weighted by Gasteiger charge is 2.35. The average molecular weight is 255 g/mol. The molecule has 1 aliphatic rings. The highest BCUT2D eigenvalue weighted by atomic mass is 32.2. The van der Waals surface area contributed by atoms with E-state index < -0.39 is 10.0 Å². The molecule has 4 nitrogen and oxygen atoms in total. The van der Waals surface area contributed by atoms with Gasteiger partial charge in [-0.3, -0.25) is 0 Å². The summed E-state index contributed by atoms with van der Waals surface area (Å²) >= 11 is 0. The van der Waals surface area contributed by atoms with Gasteiger partial charge in [-0.05, 0) is 31.4 Å². The van der Waals surface area contributed by atoms with Crippen LogP contribution < -0.4 is 0 Å². The normalized spacial score (nSPS) is 21.9. The predicted octanol–water partition coefficient (Wildman–Crippen LogP) is 1.14. The maximum atomic E-state index is 12.4. The molecule has 5 heteroatoms. The van der Waals surface area contributed by atoms with Gasteiger partial charge in [0.1, 0.15) is 0 Å². The van der Waals surface area contributed by atoms with Gasteiger partial charge in [-0.1, -0.05) is 18.2 Å². The molecule has 1 aromatic carbocycles. The van der Waals surface area contributed by atoms with Crippen LogP contribution >= 0.6 is 0 Å². The molecule has 17 heavy (non-hydrogen) atoms. The van der Waals surface area contributed by atoms with Crippen molar-refractivity contribution < 1.29 is 13.5 Å². The van der Waals surface area contributed by atoms with E-state index in [0.29, 0.717) is 11.4 Å². The molecule has 0 aliphatic carbocycles. The highest BCUT2D eigenvalue weighted by Crippen LogP contribution is 2.27. The smallest absolute Gasteiger partial charge is 0.243 e. The van der Waals surface area contributed by atoms with E-state index in [9.17, 15) is 13.5 Å². The number of hydrogen-bond donors (Lipinski definition) is 1. The van der Waals surface area contributed by atoms with Crippen molar-refractivity contribution in [1.29, 1.82) is 0 Å². The Kier molecular flexibility index (Phi) is 3.51. The van der Waals surface area contributed by atoms with Crippen LogP contribution in [0.15, 0.2) is 29.2 Å². The summed E-state index contributed by atoms with van der Waals surface area (Å²) in [6.45, 7) is 2.18. The zero-order chi connectivity index (χ0) is 12.5. The minimum absolute atomic E-state index is 0.106. The fraction of sp³-hybridized carbons (Fsp3) is 0.500. The van der Waals surface area contributed by atoms with Gasteiger partial charge in [0.2, 0.25) is 10.0 Å². The molecule has 0 saturated carbocycles. The summed E-state index contributed by atoms with van der Waals surface area (Å²) in [5, 5.41) is 9.21. The molecule has 0 bridgehead atoms. The number of aryl methyl sites for hydroxylation is 1. The summed E-state index contributed by atoms with van der Waals surface area (Å²) in [7, 11) is -3.46.